The van der Waals surface area contributed by atoms with Gasteiger partial charge in [0.05, 0.1) is 17.4 Å². The number of benzene rings is 2. The number of nitrogens with zero attached hydrogens (tertiary/aromatic N) is 2. The number of rotatable bonds is 4. The summed E-state index contributed by atoms with van der Waals surface area (Å²) in [5.41, 5.74) is -1.19. The van der Waals surface area contributed by atoms with Crippen molar-refractivity contribution in [3.63, 3.8) is 0 Å². The molecule has 0 saturated carbocycles. The Labute approximate surface area is 164 Å². The van der Waals surface area contributed by atoms with Crippen LogP contribution in [0.4, 0.5) is 17.6 Å². The molecule has 4 rings (SSSR count). The van der Waals surface area contributed by atoms with Crippen LogP contribution in [-0.4, -0.2) is 26.7 Å². The molecule has 29 heavy (non-hydrogen) atoms. The van der Waals surface area contributed by atoms with Gasteiger partial charge in [0.15, 0.2) is 5.60 Å². The van der Waals surface area contributed by atoms with Crippen molar-refractivity contribution in [2.24, 2.45) is 5.92 Å². The molecular weight excluding hydrogens is 384 g/mol. The van der Waals surface area contributed by atoms with E-state index in [1.54, 1.807) is 47.2 Å². The summed E-state index contributed by atoms with van der Waals surface area (Å²) in [6, 6.07) is 10.6. The van der Waals surface area contributed by atoms with Crippen molar-refractivity contribution in [1.29, 1.82) is 0 Å². The van der Waals surface area contributed by atoms with Crippen LogP contribution in [0.25, 0.3) is 16.6 Å². The number of alkyl halides is 3. The second-order valence-corrected chi connectivity index (χ2v) is 7.18. The predicted octanol–water partition coefficient (Wildman–Crippen LogP) is 5.13. The van der Waals surface area contributed by atoms with Crippen LogP contribution in [0.2, 0.25) is 0 Å². The standard InChI is InChI=1S/C22H18F4N2O/c23-18-7-9-19(10-8-18)28-20-11-6-15(12-16(20)14-27-28)13-21(29,22(24,25)26)17-4-2-1-3-5-17/h1-4,6-12,14,17,29H,5,13H2. The molecule has 1 heterocycles. The molecule has 3 aromatic rings. The highest BCUT2D eigenvalue weighted by molar-refractivity contribution is 5.81. The van der Waals surface area contributed by atoms with Crippen LogP contribution in [0.3, 0.4) is 0 Å². The van der Waals surface area contributed by atoms with E-state index in [1.165, 1.54) is 30.5 Å². The van der Waals surface area contributed by atoms with Gasteiger partial charge in [0.25, 0.3) is 0 Å². The van der Waals surface area contributed by atoms with Crippen molar-refractivity contribution in [3.8, 4) is 5.69 Å². The fraction of sp³-hybridized carbons (Fsp3) is 0.227. The van der Waals surface area contributed by atoms with E-state index < -0.39 is 24.1 Å². The minimum Gasteiger partial charge on any atom is -0.380 e. The third-order valence-electron chi connectivity index (χ3n) is 5.26. The SMILES string of the molecule is OC(Cc1ccc2c(cnn2-c2ccc(F)cc2)c1)(C1C=CC=CC1)C(F)(F)F. The average Bonchev–Trinajstić information content (AvgIpc) is 3.11. The zero-order valence-corrected chi connectivity index (χ0v) is 15.3. The van der Waals surface area contributed by atoms with Gasteiger partial charge in [-0.1, -0.05) is 30.4 Å². The first kappa shape index (κ1) is 19.4. The molecule has 0 spiro atoms. The summed E-state index contributed by atoms with van der Waals surface area (Å²) in [5, 5.41) is 15.5. The minimum atomic E-state index is -4.78. The van der Waals surface area contributed by atoms with Gasteiger partial charge in [0.1, 0.15) is 5.82 Å². The van der Waals surface area contributed by atoms with Gasteiger partial charge >= 0.3 is 6.18 Å². The zero-order valence-electron chi connectivity index (χ0n) is 15.3. The van der Waals surface area contributed by atoms with E-state index in [9.17, 15) is 22.7 Å². The number of aliphatic hydroxyl groups is 1. The van der Waals surface area contributed by atoms with Crippen LogP contribution in [-0.2, 0) is 6.42 Å². The van der Waals surface area contributed by atoms with E-state index in [-0.39, 0.29) is 12.2 Å². The summed E-state index contributed by atoms with van der Waals surface area (Å²) >= 11 is 0. The summed E-state index contributed by atoms with van der Waals surface area (Å²) in [6.07, 6.45) is 2.55. The number of hydrogen-bond acceptors (Lipinski definition) is 2. The zero-order chi connectivity index (χ0) is 20.6. The molecule has 0 bridgehead atoms. The summed E-state index contributed by atoms with van der Waals surface area (Å²) in [7, 11) is 0. The Hall–Kier alpha value is -2.93. The topological polar surface area (TPSA) is 38.1 Å². The van der Waals surface area contributed by atoms with Crippen molar-refractivity contribution in [2.45, 2.75) is 24.6 Å². The summed E-state index contributed by atoms with van der Waals surface area (Å²) < 4.78 is 56.1. The molecule has 0 radical (unpaired) electrons. The largest absolute Gasteiger partial charge is 0.418 e. The van der Waals surface area contributed by atoms with E-state index in [2.05, 4.69) is 5.10 Å². The molecule has 3 nitrogen and oxygen atoms in total. The molecule has 1 aliphatic rings. The van der Waals surface area contributed by atoms with Gasteiger partial charge in [-0.2, -0.15) is 18.3 Å². The van der Waals surface area contributed by atoms with Gasteiger partial charge < -0.3 is 5.11 Å². The lowest BCUT2D eigenvalue weighted by Gasteiger charge is -2.37. The number of hydrogen-bond donors (Lipinski definition) is 1. The third-order valence-corrected chi connectivity index (χ3v) is 5.26. The quantitative estimate of drug-likeness (QED) is 0.614. The summed E-state index contributed by atoms with van der Waals surface area (Å²) in [4.78, 5) is 0. The molecule has 150 valence electrons. The highest BCUT2D eigenvalue weighted by atomic mass is 19.4. The lowest BCUT2D eigenvalue weighted by atomic mass is 9.78. The van der Waals surface area contributed by atoms with Gasteiger partial charge in [-0.3, -0.25) is 0 Å². The van der Waals surface area contributed by atoms with E-state index >= 15 is 0 Å². The molecule has 0 fully saturated rings. The van der Waals surface area contributed by atoms with Gasteiger partial charge in [-0.15, -0.1) is 0 Å². The van der Waals surface area contributed by atoms with Gasteiger partial charge in [0.2, 0.25) is 0 Å². The van der Waals surface area contributed by atoms with E-state index in [1.807, 2.05) is 0 Å². The number of fused-ring (bicyclic) bond motifs is 1. The fourth-order valence-electron chi connectivity index (χ4n) is 3.67. The maximum absolute atomic E-state index is 13.8. The first-order valence-corrected chi connectivity index (χ1v) is 9.13. The Kier molecular flexibility index (Phi) is 4.78. The number of aromatic nitrogens is 2. The Balaban J connectivity index is 1.68. The van der Waals surface area contributed by atoms with Crippen LogP contribution in [0.5, 0.6) is 0 Å². The van der Waals surface area contributed by atoms with Crippen LogP contribution >= 0.6 is 0 Å². The average molecular weight is 402 g/mol. The van der Waals surface area contributed by atoms with Gasteiger partial charge in [0, 0.05) is 17.7 Å². The third kappa shape index (κ3) is 3.58. The normalized spacial score (nSPS) is 18.9. The Morgan fingerprint density at radius 3 is 2.48 bits per heavy atom. The van der Waals surface area contributed by atoms with Crippen molar-refractivity contribution >= 4 is 10.9 Å². The minimum absolute atomic E-state index is 0.122. The van der Waals surface area contributed by atoms with Gasteiger partial charge in [-0.05, 0) is 48.4 Å². The van der Waals surface area contributed by atoms with E-state index in [0.717, 1.165) is 0 Å². The van der Waals surface area contributed by atoms with Crippen LogP contribution in [0, 0.1) is 11.7 Å². The molecule has 1 N–H and O–H groups in total. The van der Waals surface area contributed by atoms with Crippen molar-refractivity contribution in [3.05, 3.63) is 84.3 Å². The monoisotopic (exact) mass is 402 g/mol. The fourth-order valence-corrected chi connectivity index (χ4v) is 3.67. The smallest absolute Gasteiger partial charge is 0.380 e. The van der Waals surface area contributed by atoms with Crippen LogP contribution in [0.15, 0.2) is 73.0 Å². The molecule has 2 unspecified atom stereocenters. The van der Waals surface area contributed by atoms with Crippen LogP contribution in [0.1, 0.15) is 12.0 Å². The molecular formula is C22H18F4N2O. The second kappa shape index (κ2) is 7.15. The first-order valence-electron chi connectivity index (χ1n) is 9.13. The van der Waals surface area contributed by atoms with Crippen molar-refractivity contribution in [1.82, 2.24) is 9.78 Å². The molecule has 2 atom stereocenters. The lowest BCUT2D eigenvalue weighted by molar-refractivity contribution is -0.273. The van der Waals surface area contributed by atoms with Gasteiger partial charge in [-0.25, -0.2) is 9.07 Å². The molecule has 1 aliphatic carbocycles. The molecule has 7 heteroatoms. The predicted molar refractivity (Wildman–Crippen MR) is 102 cm³/mol. The van der Waals surface area contributed by atoms with E-state index in [4.69, 9.17) is 0 Å². The second-order valence-electron chi connectivity index (χ2n) is 7.18. The molecule has 0 saturated heterocycles. The lowest BCUT2D eigenvalue weighted by Crippen LogP contribution is -2.52. The Morgan fingerprint density at radius 1 is 1.07 bits per heavy atom. The number of allylic oxidation sites excluding steroid dienone is 3. The van der Waals surface area contributed by atoms with Crippen molar-refractivity contribution < 1.29 is 22.7 Å². The highest BCUT2D eigenvalue weighted by Crippen LogP contribution is 2.42. The van der Waals surface area contributed by atoms with Crippen LogP contribution < -0.4 is 0 Å². The highest BCUT2D eigenvalue weighted by Gasteiger charge is 2.57. The number of halogens is 4. The molecule has 0 aliphatic heterocycles. The Bertz CT molecular complexity index is 1080. The summed E-state index contributed by atoms with van der Waals surface area (Å²) in [6.45, 7) is 0. The maximum atomic E-state index is 13.8. The molecule has 2 aromatic carbocycles. The maximum Gasteiger partial charge on any atom is 0.418 e. The molecule has 1 aromatic heterocycles. The van der Waals surface area contributed by atoms with Crippen molar-refractivity contribution in [2.75, 3.05) is 0 Å². The Morgan fingerprint density at radius 2 is 1.83 bits per heavy atom. The first-order chi connectivity index (χ1) is 13.8. The van der Waals surface area contributed by atoms with E-state index in [0.29, 0.717) is 22.2 Å². The summed E-state index contributed by atoms with van der Waals surface area (Å²) in [5.74, 6) is -1.42. The molecule has 0 amide bonds.